The van der Waals surface area contributed by atoms with Gasteiger partial charge in [0.1, 0.15) is 5.75 Å². The van der Waals surface area contributed by atoms with Gasteiger partial charge in [0.25, 0.3) is 0 Å². The van der Waals surface area contributed by atoms with Crippen LogP contribution in [-0.4, -0.2) is 7.11 Å². The molecule has 0 radical (unpaired) electrons. The van der Waals surface area contributed by atoms with Gasteiger partial charge < -0.3 is 4.74 Å². The minimum atomic E-state index is -0.124. The molecule has 2 aromatic carbocycles. The Morgan fingerprint density at radius 3 is 2.45 bits per heavy atom. The Labute approximate surface area is 120 Å². The lowest BCUT2D eigenvalue weighted by Crippen LogP contribution is -2.03. The maximum Gasteiger partial charge on any atom is 0.121 e. The van der Waals surface area contributed by atoms with Gasteiger partial charge in [-0.3, -0.25) is 0 Å². The van der Waals surface area contributed by atoms with Gasteiger partial charge in [-0.1, -0.05) is 36.4 Å². The van der Waals surface area contributed by atoms with Gasteiger partial charge in [-0.15, -0.1) is 0 Å². The first-order valence-corrected chi connectivity index (χ1v) is 6.74. The number of nitrogens with zero attached hydrogens (tertiary/aromatic N) is 1. The second kappa shape index (κ2) is 6.25. The van der Waals surface area contributed by atoms with E-state index in [1.165, 1.54) is 11.1 Å². The SMILES string of the molecule is COc1ccc(C(C#N)Cc2ccccc2C)cc1C. The molecule has 2 aromatic rings. The summed E-state index contributed by atoms with van der Waals surface area (Å²) in [5.41, 5.74) is 4.58. The molecule has 0 bridgehead atoms. The van der Waals surface area contributed by atoms with Crippen molar-refractivity contribution in [3.8, 4) is 11.8 Å². The lowest BCUT2D eigenvalue weighted by molar-refractivity contribution is 0.411. The third kappa shape index (κ3) is 3.00. The van der Waals surface area contributed by atoms with Gasteiger partial charge in [0.15, 0.2) is 0 Å². The molecule has 0 saturated carbocycles. The van der Waals surface area contributed by atoms with E-state index in [0.29, 0.717) is 0 Å². The van der Waals surface area contributed by atoms with E-state index < -0.39 is 0 Å². The van der Waals surface area contributed by atoms with Crippen LogP contribution in [0, 0.1) is 25.2 Å². The average Bonchev–Trinajstić information content (AvgIpc) is 2.46. The summed E-state index contributed by atoms with van der Waals surface area (Å²) < 4.78 is 5.27. The van der Waals surface area contributed by atoms with Crippen LogP contribution in [0.15, 0.2) is 42.5 Å². The van der Waals surface area contributed by atoms with Crippen LogP contribution in [0.5, 0.6) is 5.75 Å². The van der Waals surface area contributed by atoms with E-state index in [4.69, 9.17) is 4.74 Å². The first-order valence-electron chi connectivity index (χ1n) is 6.74. The van der Waals surface area contributed by atoms with E-state index in [9.17, 15) is 5.26 Å². The molecule has 0 aromatic heterocycles. The van der Waals surface area contributed by atoms with Gasteiger partial charge in [0, 0.05) is 0 Å². The first kappa shape index (κ1) is 14.1. The molecule has 1 atom stereocenters. The van der Waals surface area contributed by atoms with Crippen molar-refractivity contribution in [3.63, 3.8) is 0 Å². The van der Waals surface area contributed by atoms with Gasteiger partial charge in [-0.2, -0.15) is 5.26 Å². The number of benzene rings is 2. The fourth-order valence-corrected chi connectivity index (χ4v) is 2.42. The molecule has 0 N–H and O–H groups in total. The Morgan fingerprint density at radius 1 is 1.10 bits per heavy atom. The average molecular weight is 265 g/mol. The van der Waals surface area contributed by atoms with E-state index in [1.807, 2.05) is 37.3 Å². The van der Waals surface area contributed by atoms with Gasteiger partial charge >= 0.3 is 0 Å². The monoisotopic (exact) mass is 265 g/mol. The molecular formula is C18H19NO. The van der Waals surface area contributed by atoms with Crippen molar-refractivity contribution in [2.75, 3.05) is 7.11 Å². The van der Waals surface area contributed by atoms with Crippen molar-refractivity contribution in [1.29, 1.82) is 5.26 Å². The Hall–Kier alpha value is -2.27. The lowest BCUT2D eigenvalue weighted by atomic mass is 9.90. The van der Waals surface area contributed by atoms with Gasteiger partial charge in [-0.25, -0.2) is 0 Å². The molecule has 0 heterocycles. The molecule has 0 spiro atoms. The Kier molecular flexibility index (Phi) is 4.42. The maximum atomic E-state index is 9.47. The van der Waals surface area contributed by atoms with E-state index in [-0.39, 0.29) is 5.92 Å². The number of methoxy groups -OCH3 is 1. The van der Waals surface area contributed by atoms with Gasteiger partial charge in [-0.05, 0) is 48.6 Å². The molecule has 2 heteroatoms. The van der Waals surface area contributed by atoms with Crippen molar-refractivity contribution in [1.82, 2.24) is 0 Å². The highest BCUT2D eigenvalue weighted by Gasteiger charge is 2.14. The largest absolute Gasteiger partial charge is 0.496 e. The quantitative estimate of drug-likeness (QED) is 0.831. The third-order valence-corrected chi connectivity index (χ3v) is 3.66. The summed E-state index contributed by atoms with van der Waals surface area (Å²) in [6, 6.07) is 16.6. The second-order valence-electron chi connectivity index (χ2n) is 5.04. The lowest BCUT2D eigenvalue weighted by Gasteiger charge is -2.13. The van der Waals surface area contributed by atoms with Crippen LogP contribution in [-0.2, 0) is 6.42 Å². The number of nitriles is 1. The second-order valence-corrected chi connectivity index (χ2v) is 5.04. The van der Waals surface area contributed by atoms with Crippen LogP contribution in [0.25, 0.3) is 0 Å². The van der Waals surface area contributed by atoms with Crippen molar-refractivity contribution < 1.29 is 4.74 Å². The van der Waals surface area contributed by atoms with Gasteiger partial charge in [0.05, 0.1) is 19.1 Å². The molecule has 2 nitrogen and oxygen atoms in total. The Balaban J connectivity index is 2.27. The van der Waals surface area contributed by atoms with Crippen LogP contribution in [0.3, 0.4) is 0 Å². The number of rotatable bonds is 4. The highest BCUT2D eigenvalue weighted by atomic mass is 16.5. The molecule has 2 rings (SSSR count). The van der Waals surface area contributed by atoms with Crippen LogP contribution in [0.4, 0.5) is 0 Å². The third-order valence-electron chi connectivity index (χ3n) is 3.66. The fraction of sp³-hybridized carbons (Fsp3) is 0.278. The highest BCUT2D eigenvalue weighted by molar-refractivity contribution is 5.40. The maximum absolute atomic E-state index is 9.47. The standard InChI is InChI=1S/C18H19NO/c1-13-6-4-5-7-15(13)11-17(12-19)16-8-9-18(20-3)14(2)10-16/h4-10,17H,11H2,1-3H3. The number of aryl methyl sites for hydroxylation is 2. The Morgan fingerprint density at radius 2 is 1.85 bits per heavy atom. The fourth-order valence-electron chi connectivity index (χ4n) is 2.42. The minimum Gasteiger partial charge on any atom is -0.496 e. The van der Waals surface area contributed by atoms with Gasteiger partial charge in [0.2, 0.25) is 0 Å². The topological polar surface area (TPSA) is 33.0 Å². The number of ether oxygens (including phenoxy) is 1. The molecule has 0 aliphatic heterocycles. The zero-order valence-electron chi connectivity index (χ0n) is 12.2. The summed E-state index contributed by atoms with van der Waals surface area (Å²) in [6.07, 6.45) is 0.745. The van der Waals surface area contributed by atoms with Crippen molar-refractivity contribution in [2.24, 2.45) is 0 Å². The zero-order valence-corrected chi connectivity index (χ0v) is 12.2. The summed E-state index contributed by atoms with van der Waals surface area (Å²) in [6.45, 7) is 4.09. The predicted octanol–water partition coefficient (Wildman–Crippen LogP) is 4.16. The van der Waals surface area contributed by atoms with Crippen molar-refractivity contribution in [2.45, 2.75) is 26.2 Å². The normalized spacial score (nSPS) is 11.7. The number of hydrogen-bond donors (Lipinski definition) is 0. The van der Waals surface area contributed by atoms with E-state index in [2.05, 4.69) is 25.1 Å². The van der Waals surface area contributed by atoms with Crippen LogP contribution in [0.2, 0.25) is 0 Å². The number of hydrogen-bond acceptors (Lipinski definition) is 2. The molecule has 102 valence electrons. The van der Waals surface area contributed by atoms with Crippen molar-refractivity contribution in [3.05, 3.63) is 64.7 Å². The molecular weight excluding hydrogens is 246 g/mol. The highest BCUT2D eigenvalue weighted by Crippen LogP contribution is 2.26. The summed E-state index contributed by atoms with van der Waals surface area (Å²) >= 11 is 0. The molecule has 0 amide bonds. The summed E-state index contributed by atoms with van der Waals surface area (Å²) in [5, 5.41) is 9.47. The summed E-state index contributed by atoms with van der Waals surface area (Å²) in [7, 11) is 1.66. The molecule has 0 fully saturated rings. The zero-order chi connectivity index (χ0) is 14.5. The first-order chi connectivity index (χ1) is 9.65. The van der Waals surface area contributed by atoms with E-state index >= 15 is 0 Å². The minimum absolute atomic E-state index is 0.124. The Bertz CT molecular complexity index is 640. The molecule has 1 unspecified atom stereocenters. The van der Waals surface area contributed by atoms with Crippen LogP contribution >= 0.6 is 0 Å². The summed E-state index contributed by atoms with van der Waals surface area (Å²) in [5.74, 6) is 0.738. The molecule has 0 aliphatic carbocycles. The molecule has 0 saturated heterocycles. The molecule has 0 aliphatic rings. The molecule has 20 heavy (non-hydrogen) atoms. The smallest absolute Gasteiger partial charge is 0.121 e. The van der Waals surface area contributed by atoms with Crippen molar-refractivity contribution >= 4 is 0 Å². The predicted molar refractivity (Wildman–Crippen MR) is 81.0 cm³/mol. The van der Waals surface area contributed by atoms with Crippen LogP contribution < -0.4 is 4.74 Å². The van der Waals surface area contributed by atoms with Crippen LogP contribution in [0.1, 0.15) is 28.2 Å². The van der Waals surface area contributed by atoms with E-state index in [0.717, 1.165) is 23.3 Å². The van der Waals surface area contributed by atoms with E-state index in [1.54, 1.807) is 7.11 Å². The summed E-state index contributed by atoms with van der Waals surface area (Å²) in [4.78, 5) is 0.